The number of amides is 1. The van der Waals surface area contributed by atoms with Gasteiger partial charge >= 0.3 is 6.18 Å². The van der Waals surface area contributed by atoms with Gasteiger partial charge in [-0.05, 0) is 54.2 Å². The fourth-order valence-corrected chi connectivity index (χ4v) is 3.89. The third kappa shape index (κ3) is 8.78. The van der Waals surface area contributed by atoms with Gasteiger partial charge in [-0.25, -0.2) is 0 Å². The highest BCUT2D eigenvalue weighted by atomic mass is 19.4. The number of hydrogen-bond acceptors (Lipinski definition) is 2. The summed E-state index contributed by atoms with van der Waals surface area (Å²) >= 11 is 0. The Balaban J connectivity index is 0.000000248. The van der Waals surface area contributed by atoms with E-state index in [2.05, 4.69) is 17.4 Å². The summed E-state index contributed by atoms with van der Waals surface area (Å²) in [6.07, 6.45) is -1.09. The lowest BCUT2D eigenvalue weighted by atomic mass is 9.99. The fourth-order valence-electron chi connectivity index (χ4n) is 3.89. The standard InChI is InChI=1S/C16H16F3N.C11H13NO.C2H6/c1-12(11-20-15-5-3-2-4-6-15)13-7-9-14(10-8-13)16(17,18)19;13-9-12-8-4-7-11(12)10-5-2-1-3-6-10;1-2/h2-10,12,20H,11H2,1H3;1-3,5-6,9,11H,4,7-8H2;1-2H3. The number of carbonyl (C=O) groups excluding carboxylic acids is 1. The van der Waals surface area contributed by atoms with Crippen molar-refractivity contribution in [3.63, 3.8) is 0 Å². The molecule has 1 saturated heterocycles. The fraction of sp³-hybridized carbons (Fsp3) is 0.345. The molecule has 0 aromatic heterocycles. The number of para-hydroxylation sites is 1. The molecule has 1 amide bonds. The van der Waals surface area contributed by atoms with Gasteiger partial charge in [0.05, 0.1) is 11.6 Å². The minimum absolute atomic E-state index is 0.137. The van der Waals surface area contributed by atoms with Crippen LogP contribution in [0.1, 0.15) is 62.3 Å². The Bertz CT molecular complexity index is 976. The van der Waals surface area contributed by atoms with Crippen LogP contribution in [0.5, 0.6) is 0 Å². The van der Waals surface area contributed by atoms with Crippen molar-refractivity contribution in [2.45, 2.75) is 51.7 Å². The van der Waals surface area contributed by atoms with Crippen molar-refractivity contribution in [2.24, 2.45) is 0 Å². The lowest BCUT2D eigenvalue weighted by Crippen LogP contribution is -2.20. The molecular formula is C29H35F3N2O. The topological polar surface area (TPSA) is 32.3 Å². The van der Waals surface area contributed by atoms with Crippen LogP contribution in [0.3, 0.4) is 0 Å². The van der Waals surface area contributed by atoms with Gasteiger partial charge in [0, 0.05) is 18.8 Å². The molecule has 1 fully saturated rings. The van der Waals surface area contributed by atoms with E-state index in [1.54, 1.807) is 12.1 Å². The lowest BCUT2D eigenvalue weighted by Gasteiger charge is -2.19. The summed E-state index contributed by atoms with van der Waals surface area (Å²) < 4.78 is 37.4. The van der Waals surface area contributed by atoms with Gasteiger partial charge in [-0.15, -0.1) is 0 Å². The molecule has 0 radical (unpaired) electrons. The molecule has 1 aliphatic rings. The maximum Gasteiger partial charge on any atom is 0.416 e. The predicted molar refractivity (Wildman–Crippen MR) is 137 cm³/mol. The van der Waals surface area contributed by atoms with E-state index in [0.717, 1.165) is 49.2 Å². The largest absolute Gasteiger partial charge is 0.416 e. The molecule has 2 atom stereocenters. The Kier molecular flexibility index (Phi) is 11.3. The first-order chi connectivity index (χ1) is 16.9. The van der Waals surface area contributed by atoms with Crippen molar-refractivity contribution in [3.05, 3.63) is 102 Å². The number of rotatable bonds is 6. The van der Waals surface area contributed by atoms with E-state index in [-0.39, 0.29) is 5.92 Å². The van der Waals surface area contributed by atoms with Crippen LogP contribution in [0, 0.1) is 0 Å². The smallest absolute Gasteiger partial charge is 0.384 e. The molecule has 6 heteroatoms. The number of halogens is 3. The van der Waals surface area contributed by atoms with E-state index in [4.69, 9.17) is 0 Å². The van der Waals surface area contributed by atoms with Gasteiger partial charge < -0.3 is 10.2 Å². The summed E-state index contributed by atoms with van der Waals surface area (Å²) in [6.45, 7) is 7.57. The highest BCUT2D eigenvalue weighted by molar-refractivity contribution is 5.49. The summed E-state index contributed by atoms with van der Waals surface area (Å²) in [6, 6.07) is 25.6. The van der Waals surface area contributed by atoms with Crippen molar-refractivity contribution < 1.29 is 18.0 Å². The van der Waals surface area contributed by atoms with Gasteiger partial charge in [-0.2, -0.15) is 13.2 Å². The number of hydrogen-bond donors (Lipinski definition) is 1. The number of carbonyl (C=O) groups is 1. The number of nitrogens with zero attached hydrogens (tertiary/aromatic N) is 1. The van der Waals surface area contributed by atoms with Crippen LogP contribution in [0.15, 0.2) is 84.9 Å². The van der Waals surface area contributed by atoms with Crippen molar-refractivity contribution in [3.8, 4) is 0 Å². The monoisotopic (exact) mass is 484 g/mol. The molecule has 0 aliphatic carbocycles. The van der Waals surface area contributed by atoms with Crippen LogP contribution in [-0.2, 0) is 11.0 Å². The zero-order chi connectivity index (χ0) is 25.7. The van der Waals surface area contributed by atoms with Gasteiger partial charge in [-0.1, -0.05) is 81.4 Å². The van der Waals surface area contributed by atoms with Crippen LogP contribution >= 0.6 is 0 Å². The SMILES string of the molecule is CC.CC(CNc1ccccc1)c1ccc(C(F)(F)F)cc1.O=CN1CCCC1c1ccccc1. The summed E-state index contributed by atoms with van der Waals surface area (Å²) in [7, 11) is 0. The molecule has 1 heterocycles. The number of nitrogens with one attached hydrogen (secondary N) is 1. The molecule has 1 aliphatic heterocycles. The average Bonchev–Trinajstić information content (AvgIpc) is 3.39. The van der Waals surface area contributed by atoms with Gasteiger partial charge in [-0.3, -0.25) is 4.79 Å². The van der Waals surface area contributed by atoms with Crippen molar-refractivity contribution >= 4 is 12.1 Å². The summed E-state index contributed by atoms with van der Waals surface area (Å²) in [4.78, 5) is 12.6. The predicted octanol–water partition coefficient (Wildman–Crippen LogP) is 7.93. The molecule has 1 N–H and O–H groups in total. The molecule has 35 heavy (non-hydrogen) atoms. The first kappa shape index (κ1) is 28.0. The first-order valence-corrected chi connectivity index (χ1v) is 12.1. The van der Waals surface area contributed by atoms with Gasteiger partial charge in [0.25, 0.3) is 0 Å². The Morgan fingerprint density at radius 2 is 1.51 bits per heavy atom. The summed E-state index contributed by atoms with van der Waals surface area (Å²) in [5.74, 6) is 0.137. The number of alkyl halides is 3. The first-order valence-electron chi connectivity index (χ1n) is 12.1. The molecule has 188 valence electrons. The van der Waals surface area contributed by atoms with Crippen LogP contribution in [0.4, 0.5) is 18.9 Å². The second kappa shape index (κ2) is 14.2. The van der Waals surface area contributed by atoms with Gasteiger partial charge in [0.15, 0.2) is 0 Å². The molecule has 3 aromatic rings. The minimum atomic E-state index is -4.27. The highest BCUT2D eigenvalue weighted by Crippen LogP contribution is 2.31. The van der Waals surface area contributed by atoms with Crippen molar-refractivity contribution in [1.29, 1.82) is 0 Å². The molecule has 0 saturated carbocycles. The van der Waals surface area contributed by atoms with E-state index in [0.29, 0.717) is 12.6 Å². The highest BCUT2D eigenvalue weighted by Gasteiger charge is 2.30. The van der Waals surface area contributed by atoms with Crippen LogP contribution in [-0.4, -0.2) is 24.4 Å². The van der Waals surface area contributed by atoms with Gasteiger partial charge in [0.2, 0.25) is 6.41 Å². The van der Waals surface area contributed by atoms with E-state index >= 15 is 0 Å². The minimum Gasteiger partial charge on any atom is -0.384 e. The summed E-state index contributed by atoms with van der Waals surface area (Å²) in [5.41, 5.74) is 2.55. The number of benzene rings is 3. The zero-order valence-corrected chi connectivity index (χ0v) is 20.6. The molecule has 3 aromatic carbocycles. The molecule has 0 spiro atoms. The maximum absolute atomic E-state index is 12.5. The van der Waals surface area contributed by atoms with Crippen LogP contribution in [0.2, 0.25) is 0 Å². The molecule has 3 nitrogen and oxygen atoms in total. The molecule has 2 unspecified atom stereocenters. The second-order valence-corrected chi connectivity index (χ2v) is 8.18. The molecule has 4 rings (SSSR count). The van der Waals surface area contributed by atoms with Crippen LogP contribution in [0.25, 0.3) is 0 Å². The van der Waals surface area contributed by atoms with Gasteiger partial charge in [0.1, 0.15) is 0 Å². The Morgan fingerprint density at radius 1 is 0.943 bits per heavy atom. The third-order valence-corrected chi connectivity index (χ3v) is 5.81. The van der Waals surface area contributed by atoms with E-state index in [1.165, 1.54) is 5.56 Å². The second-order valence-electron chi connectivity index (χ2n) is 8.18. The lowest BCUT2D eigenvalue weighted by molar-refractivity contribution is -0.137. The maximum atomic E-state index is 12.5. The van der Waals surface area contributed by atoms with E-state index in [1.807, 2.05) is 74.2 Å². The molecule has 0 bridgehead atoms. The van der Waals surface area contributed by atoms with Crippen molar-refractivity contribution in [2.75, 3.05) is 18.4 Å². The van der Waals surface area contributed by atoms with Crippen molar-refractivity contribution in [1.82, 2.24) is 4.90 Å². The summed E-state index contributed by atoms with van der Waals surface area (Å²) in [5, 5.41) is 3.27. The number of anilines is 1. The molecular weight excluding hydrogens is 449 g/mol. The van der Waals surface area contributed by atoms with E-state index in [9.17, 15) is 18.0 Å². The van der Waals surface area contributed by atoms with Crippen LogP contribution < -0.4 is 5.32 Å². The Hall–Kier alpha value is -3.28. The quantitative estimate of drug-likeness (QED) is 0.360. The number of likely N-dealkylation sites (tertiary alicyclic amines) is 1. The average molecular weight is 485 g/mol. The van der Waals surface area contributed by atoms with E-state index < -0.39 is 11.7 Å². The normalized spacial score (nSPS) is 15.7. The third-order valence-electron chi connectivity index (χ3n) is 5.81. The Morgan fingerprint density at radius 3 is 2.06 bits per heavy atom. The zero-order valence-electron chi connectivity index (χ0n) is 20.6. The Labute approximate surface area is 207 Å².